The second-order valence-electron chi connectivity index (χ2n) is 6.94. The first kappa shape index (κ1) is 22.4. The van der Waals surface area contributed by atoms with E-state index >= 15 is 0 Å². The van der Waals surface area contributed by atoms with Crippen LogP contribution in [0.2, 0.25) is 5.02 Å². The molecule has 0 atom stereocenters. The number of nitrogens with one attached hydrogen (secondary N) is 1. The molecule has 0 aliphatic rings. The van der Waals surface area contributed by atoms with Crippen LogP contribution in [0, 0.1) is 12.7 Å². The molecule has 0 saturated heterocycles. The van der Waals surface area contributed by atoms with Gasteiger partial charge in [0.25, 0.3) is 0 Å². The normalized spacial score (nSPS) is 10.6. The number of hydrogen-bond acceptors (Lipinski definition) is 4. The predicted octanol–water partition coefficient (Wildman–Crippen LogP) is 6.08. The minimum Gasteiger partial charge on any atom is -0.490 e. The molecule has 7 heteroatoms. The number of aromatic carboxylic acids is 1. The molecule has 2 N–H and O–H groups in total. The van der Waals surface area contributed by atoms with Crippen LogP contribution in [0.15, 0.2) is 54.6 Å². The Morgan fingerprint density at radius 2 is 1.81 bits per heavy atom. The fraction of sp³-hybridized carbons (Fsp3) is 0.208. The zero-order valence-corrected chi connectivity index (χ0v) is 18.0. The number of rotatable bonds is 9. The summed E-state index contributed by atoms with van der Waals surface area (Å²) in [5, 5.41) is 12.8. The van der Waals surface area contributed by atoms with Gasteiger partial charge in [-0.3, -0.25) is 0 Å². The minimum absolute atomic E-state index is 0.229. The zero-order chi connectivity index (χ0) is 22.4. The molecule has 3 rings (SSSR count). The van der Waals surface area contributed by atoms with Gasteiger partial charge in [0.2, 0.25) is 0 Å². The average molecular weight is 444 g/mol. The van der Waals surface area contributed by atoms with Crippen molar-refractivity contribution in [2.75, 3.05) is 11.9 Å². The highest BCUT2D eigenvalue weighted by Crippen LogP contribution is 2.37. The largest absolute Gasteiger partial charge is 0.490 e. The van der Waals surface area contributed by atoms with Crippen LogP contribution in [0.5, 0.6) is 11.5 Å². The first-order chi connectivity index (χ1) is 14.9. The molecule has 0 aliphatic carbocycles. The van der Waals surface area contributed by atoms with Gasteiger partial charge in [0.1, 0.15) is 12.4 Å². The molecule has 0 fully saturated rings. The van der Waals surface area contributed by atoms with Crippen molar-refractivity contribution in [1.82, 2.24) is 0 Å². The van der Waals surface area contributed by atoms with E-state index in [1.54, 1.807) is 36.4 Å². The Morgan fingerprint density at radius 3 is 2.45 bits per heavy atom. The maximum absolute atomic E-state index is 13.1. The predicted molar refractivity (Wildman–Crippen MR) is 119 cm³/mol. The number of aryl methyl sites for hydroxylation is 1. The van der Waals surface area contributed by atoms with E-state index in [-0.39, 0.29) is 18.0 Å². The lowest BCUT2D eigenvalue weighted by molar-refractivity contribution is 0.0697. The van der Waals surface area contributed by atoms with E-state index in [9.17, 15) is 9.18 Å². The van der Waals surface area contributed by atoms with E-state index in [1.165, 1.54) is 12.1 Å². The van der Waals surface area contributed by atoms with Gasteiger partial charge in [-0.15, -0.1) is 0 Å². The van der Waals surface area contributed by atoms with Crippen molar-refractivity contribution in [1.29, 1.82) is 0 Å². The molecule has 5 nitrogen and oxygen atoms in total. The molecule has 162 valence electrons. The Hall–Kier alpha value is -3.25. The molecule has 0 aliphatic heterocycles. The summed E-state index contributed by atoms with van der Waals surface area (Å²) in [7, 11) is 0. The Balaban J connectivity index is 1.74. The highest BCUT2D eigenvalue weighted by molar-refractivity contribution is 6.32. The first-order valence-corrected chi connectivity index (χ1v) is 10.2. The number of carboxylic acids is 1. The molecule has 3 aromatic rings. The van der Waals surface area contributed by atoms with Gasteiger partial charge in [-0.1, -0.05) is 23.7 Å². The molecule has 3 aromatic carbocycles. The third-order valence-corrected chi connectivity index (χ3v) is 4.90. The standard InChI is InChI=1S/C24H23ClFNO4/c1-3-30-22-12-17(13-27-21-9-6-18(24(28)29)10-15(21)2)11-20(25)23(22)31-14-16-4-7-19(26)8-5-16/h4-12,27H,3,13-14H2,1-2H3,(H,28,29). The maximum Gasteiger partial charge on any atom is 0.335 e. The summed E-state index contributed by atoms with van der Waals surface area (Å²) in [4.78, 5) is 11.1. The zero-order valence-electron chi connectivity index (χ0n) is 17.2. The van der Waals surface area contributed by atoms with E-state index < -0.39 is 5.97 Å². The van der Waals surface area contributed by atoms with Crippen molar-refractivity contribution in [2.24, 2.45) is 0 Å². The average Bonchev–Trinajstić information content (AvgIpc) is 2.73. The van der Waals surface area contributed by atoms with E-state index in [4.69, 9.17) is 26.2 Å². The third kappa shape index (κ3) is 5.89. The number of carbonyl (C=O) groups is 1. The molecule has 0 unspecified atom stereocenters. The number of hydrogen-bond donors (Lipinski definition) is 2. The van der Waals surface area contributed by atoms with Gasteiger partial charge in [0.15, 0.2) is 11.5 Å². The Labute approximate surface area is 185 Å². The van der Waals surface area contributed by atoms with Crippen LogP contribution < -0.4 is 14.8 Å². The molecule has 0 spiro atoms. The van der Waals surface area contributed by atoms with E-state index in [2.05, 4.69) is 5.32 Å². The smallest absolute Gasteiger partial charge is 0.335 e. The first-order valence-electron chi connectivity index (χ1n) is 9.77. The molecule has 0 heterocycles. The van der Waals surface area contributed by atoms with E-state index in [1.807, 2.05) is 19.9 Å². The SMILES string of the molecule is CCOc1cc(CNc2ccc(C(=O)O)cc2C)cc(Cl)c1OCc1ccc(F)cc1. The lowest BCUT2D eigenvalue weighted by Crippen LogP contribution is -2.05. The molecule has 31 heavy (non-hydrogen) atoms. The van der Waals surface area contributed by atoms with Crippen molar-refractivity contribution >= 4 is 23.3 Å². The van der Waals surface area contributed by atoms with Crippen LogP contribution in [0.3, 0.4) is 0 Å². The lowest BCUT2D eigenvalue weighted by atomic mass is 10.1. The lowest BCUT2D eigenvalue weighted by Gasteiger charge is -2.16. The van der Waals surface area contributed by atoms with Crippen molar-refractivity contribution in [3.05, 3.63) is 87.7 Å². The Kier molecular flexibility index (Phi) is 7.36. The van der Waals surface area contributed by atoms with Gasteiger partial charge in [-0.2, -0.15) is 0 Å². The summed E-state index contributed by atoms with van der Waals surface area (Å²) in [5.74, 6) is -0.314. The van der Waals surface area contributed by atoms with Crippen molar-refractivity contribution < 1.29 is 23.8 Å². The van der Waals surface area contributed by atoms with Gasteiger partial charge in [-0.25, -0.2) is 9.18 Å². The van der Waals surface area contributed by atoms with Crippen molar-refractivity contribution in [2.45, 2.75) is 27.0 Å². The molecule has 0 saturated carbocycles. The molecular formula is C24H23ClFNO4. The van der Waals surface area contributed by atoms with Gasteiger partial charge < -0.3 is 19.9 Å². The fourth-order valence-corrected chi connectivity index (χ4v) is 3.34. The monoisotopic (exact) mass is 443 g/mol. The van der Waals surface area contributed by atoms with Gasteiger partial charge in [0, 0.05) is 12.2 Å². The van der Waals surface area contributed by atoms with Gasteiger partial charge in [-0.05, 0) is 73.0 Å². The van der Waals surface area contributed by atoms with Crippen molar-refractivity contribution in [3.8, 4) is 11.5 Å². The number of ether oxygens (including phenoxy) is 2. The van der Waals surface area contributed by atoms with Crippen LogP contribution in [-0.2, 0) is 13.2 Å². The number of carboxylic acid groups (broad SMARTS) is 1. The number of benzene rings is 3. The fourth-order valence-electron chi connectivity index (χ4n) is 3.05. The Morgan fingerprint density at radius 1 is 1.06 bits per heavy atom. The van der Waals surface area contributed by atoms with E-state index in [0.29, 0.717) is 29.7 Å². The van der Waals surface area contributed by atoms with Crippen LogP contribution in [0.4, 0.5) is 10.1 Å². The quantitative estimate of drug-likeness (QED) is 0.419. The molecular weight excluding hydrogens is 421 g/mol. The topological polar surface area (TPSA) is 67.8 Å². The van der Waals surface area contributed by atoms with Gasteiger partial charge in [0.05, 0.1) is 17.2 Å². The second-order valence-corrected chi connectivity index (χ2v) is 7.35. The van der Waals surface area contributed by atoms with E-state index in [0.717, 1.165) is 22.4 Å². The molecule has 0 amide bonds. The molecule has 0 bridgehead atoms. The van der Waals surface area contributed by atoms with Crippen molar-refractivity contribution in [3.63, 3.8) is 0 Å². The summed E-state index contributed by atoms with van der Waals surface area (Å²) < 4.78 is 24.7. The summed E-state index contributed by atoms with van der Waals surface area (Å²) in [6.07, 6.45) is 0. The number of anilines is 1. The summed E-state index contributed by atoms with van der Waals surface area (Å²) in [6, 6.07) is 14.6. The van der Waals surface area contributed by atoms with Crippen LogP contribution >= 0.6 is 11.6 Å². The summed E-state index contributed by atoms with van der Waals surface area (Å²) in [5.41, 5.74) is 3.59. The molecule has 0 radical (unpaired) electrons. The summed E-state index contributed by atoms with van der Waals surface area (Å²) in [6.45, 7) is 4.85. The highest BCUT2D eigenvalue weighted by atomic mass is 35.5. The summed E-state index contributed by atoms with van der Waals surface area (Å²) >= 11 is 6.47. The van der Waals surface area contributed by atoms with Crippen LogP contribution in [-0.4, -0.2) is 17.7 Å². The molecule has 0 aromatic heterocycles. The van der Waals surface area contributed by atoms with Crippen LogP contribution in [0.1, 0.15) is 34.0 Å². The van der Waals surface area contributed by atoms with Gasteiger partial charge >= 0.3 is 5.97 Å². The minimum atomic E-state index is -0.959. The van der Waals surface area contributed by atoms with Crippen LogP contribution in [0.25, 0.3) is 0 Å². The Bertz CT molecular complexity index is 1070. The second kappa shape index (κ2) is 10.2. The highest BCUT2D eigenvalue weighted by Gasteiger charge is 2.14. The third-order valence-electron chi connectivity index (χ3n) is 4.62. The number of halogens is 2. The maximum atomic E-state index is 13.1.